The largest absolute Gasteiger partial charge is 0.373 e. The molecule has 6 rings (SSSR count). The molecule has 3 aromatic heterocycles. The summed E-state index contributed by atoms with van der Waals surface area (Å²) in [5.41, 5.74) is 8.54. The summed E-state index contributed by atoms with van der Waals surface area (Å²) >= 11 is 12.5. The molecular formula is C26H19Cl2F2N9. The zero-order valence-corrected chi connectivity index (χ0v) is 21.4. The highest BCUT2D eigenvalue weighted by Crippen LogP contribution is 2.37. The molecule has 4 aromatic rings. The number of hydrogen-bond donors (Lipinski definition) is 4. The molecule has 0 amide bonds. The van der Waals surface area contributed by atoms with Gasteiger partial charge in [-0.2, -0.15) is 14.0 Å². The number of rotatable bonds is 7. The van der Waals surface area contributed by atoms with Gasteiger partial charge in [0.2, 0.25) is 11.9 Å². The molecule has 39 heavy (non-hydrogen) atoms. The maximum absolute atomic E-state index is 13.7. The Bertz CT molecular complexity index is 1710. The van der Waals surface area contributed by atoms with Gasteiger partial charge in [-0.25, -0.2) is 9.97 Å². The van der Waals surface area contributed by atoms with Crippen LogP contribution in [0.4, 0.5) is 25.8 Å². The Morgan fingerprint density at radius 2 is 1.90 bits per heavy atom. The Morgan fingerprint density at radius 3 is 2.62 bits per heavy atom. The van der Waals surface area contributed by atoms with Gasteiger partial charge in [-0.15, -0.1) is 5.53 Å². The fraction of sp³-hybridized carbons (Fsp3) is 0.154. The summed E-state index contributed by atoms with van der Waals surface area (Å²) in [4.78, 5) is 11.7. The van der Waals surface area contributed by atoms with Gasteiger partial charge in [-0.3, -0.25) is 9.99 Å². The number of hydrogen-bond acceptors (Lipinski definition) is 9. The maximum atomic E-state index is 13.7. The van der Waals surface area contributed by atoms with Crippen LogP contribution in [0.1, 0.15) is 31.4 Å². The first-order chi connectivity index (χ1) is 19.2. The summed E-state index contributed by atoms with van der Waals surface area (Å²) in [5, 5.41) is 18.4. The molecule has 1 saturated carbocycles. The predicted octanol–water partition coefficient (Wildman–Crippen LogP) is 5.71. The van der Waals surface area contributed by atoms with E-state index in [2.05, 4.69) is 42.6 Å². The van der Waals surface area contributed by atoms with E-state index in [9.17, 15) is 15.4 Å². The summed E-state index contributed by atoms with van der Waals surface area (Å²) in [7, 11) is 0. The number of halogens is 4. The molecule has 0 radical (unpaired) electrons. The van der Waals surface area contributed by atoms with Crippen molar-refractivity contribution in [3.05, 3.63) is 93.9 Å². The lowest BCUT2D eigenvalue weighted by atomic mass is 10.0. The molecule has 1 aromatic carbocycles. The predicted molar refractivity (Wildman–Crippen MR) is 144 cm³/mol. The van der Waals surface area contributed by atoms with E-state index < -0.39 is 17.9 Å². The maximum Gasteiger partial charge on any atom is 0.231 e. The van der Waals surface area contributed by atoms with Crippen molar-refractivity contribution >= 4 is 51.2 Å². The molecule has 0 bridgehead atoms. The van der Waals surface area contributed by atoms with Gasteiger partial charge >= 0.3 is 0 Å². The van der Waals surface area contributed by atoms with Crippen molar-refractivity contribution in [2.75, 3.05) is 10.6 Å². The molecule has 1 aliphatic heterocycles. The van der Waals surface area contributed by atoms with Crippen LogP contribution in [0.3, 0.4) is 0 Å². The first-order valence-corrected chi connectivity index (χ1v) is 12.5. The van der Waals surface area contributed by atoms with Gasteiger partial charge in [-0.05, 0) is 42.7 Å². The van der Waals surface area contributed by atoms with E-state index in [0.29, 0.717) is 45.3 Å². The smallest absolute Gasteiger partial charge is 0.231 e. The van der Waals surface area contributed by atoms with Crippen molar-refractivity contribution < 1.29 is 10.2 Å². The lowest BCUT2D eigenvalue weighted by Crippen LogP contribution is -2.38. The minimum absolute atomic E-state index is 0.186. The van der Waals surface area contributed by atoms with Gasteiger partial charge in [0.15, 0.2) is 0 Å². The average Bonchev–Trinajstić information content (AvgIpc) is 3.67. The minimum atomic E-state index is -1.66. The molecule has 0 saturated heterocycles. The standard InChI is InChI=1S/C26H19Cl2F2N9/c27-19-6-15(35-24(13-1-4-22(29)32-9-13)21-12-39(38-37-21)17-2-3-17)5-18-23(14(8-31)10-33-25(18)19)36-16-7-20(28)26(30)34-11-16/h1,4-7,9-12,17,24,35,37-38H,2-3H2,(H,33,36)/i24D. The van der Waals surface area contributed by atoms with Crippen molar-refractivity contribution in [1.82, 2.24) is 30.9 Å². The number of fused-ring (bicyclic) bond motifs is 1. The van der Waals surface area contributed by atoms with Gasteiger partial charge < -0.3 is 16.1 Å². The SMILES string of the molecule is [2H]C(Nc1cc(Cl)c2ncc(C#N)c(Nc3cnc(F)c(Cl)c3)c2c1)(C1=CN(C2CC2)NN1)c1ccc(F)nc1. The number of nitriles is 1. The van der Waals surface area contributed by atoms with Crippen LogP contribution < -0.4 is 21.6 Å². The molecule has 1 atom stereocenters. The molecule has 9 nitrogen and oxygen atoms in total. The quantitative estimate of drug-likeness (QED) is 0.209. The van der Waals surface area contributed by atoms with E-state index >= 15 is 0 Å². The second kappa shape index (κ2) is 10.1. The van der Waals surface area contributed by atoms with Crippen LogP contribution in [0.25, 0.3) is 10.9 Å². The molecule has 196 valence electrons. The van der Waals surface area contributed by atoms with Crippen molar-refractivity contribution in [3.8, 4) is 6.07 Å². The molecule has 4 heterocycles. The summed E-state index contributed by atoms with van der Waals surface area (Å²) in [5.74, 6) is -1.50. The Hall–Kier alpha value is -4.24. The number of benzene rings is 1. The number of hydrazine groups is 2. The van der Waals surface area contributed by atoms with E-state index in [1.165, 1.54) is 36.8 Å². The van der Waals surface area contributed by atoms with Crippen LogP contribution in [-0.4, -0.2) is 26.0 Å². The van der Waals surface area contributed by atoms with Crippen molar-refractivity contribution in [1.29, 1.82) is 5.26 Å². The van der Waals surface area contributed by atoms with Crippen LogP contribution in [0.2, 0.25) is 10.0 Å². The molecule has 13 heteroatoms. The molecule has 2 aliphatic rings. The van der Waals surface area contributed by atoms with Crippen LogP contribution >= 0.6 is 23.2 Å². The summed E-state index contributed by atoms with van der Waals surface area (Å²) in [6.45, 7) is 0. The number of aromatic nitrogens is 3. The minimum Gasteiger partial charge on any atom is -0.373 e. The second-order valence-corrected chi connectivity index (χ2v) is 9.74. The first kappa shape index (κ1) is 23.8. The van der Waals surface area contributed by atoms with E-state index in [0.717, 1.165) is 12.8 Å². The second-order valence-electron chi connectivity index (χ2n) is 8.92. The number of anilines is 3. The third-order valence-corrected chi connectivity index (χ3v) is 6.75. The summed E-state index contributed by atoms with van der Waals surface area (Å²) < 4.78 is 36.8. The molecule has 4 N–H and O–H groups in total. The Kier molecular flexibility index (Phi) is 6.20. The molecule has 1 unspecified atom stereocenters. The fourth-order valence-corrected chi connectivity index (χ4v) is 4.59. The highest BCUT2D eigenvalue weighted by atomic mass is 35.5. The topological polar surface area (TPSA) is 114 Å². The zero-order chi connectivity index (χ0) is 28.0. The Labute approximate surface area is 232 Å². The van der Waals surface area contributed by atoms with Crippen molar-refractivity contribution in [3.63, 3.8) is 0 Å². The third kappa shape index (κ3) is 5.09. The summed E-state index contributed by atoms with van der Waals surface area (Å²) in [6, 6.07) is 8.02. The molecule has 1 fully saturated rings. The summed E-state index contributed by atoms with van der Waals surface area (Å²) in [6.07, 6.45) is 7.73. The van der Waals surface area contributed by atoms with Gasteiger partial charge in [0, 0.05) is 35.7 Å². The van der Waals surface area contributed by atoms with E-state index in [-0.39, 0.29) is 15.6 Å². The highest BCUT2D eigenvalue weighted by molar-refractivity contribution is 6.36. The van der Waals surface area contributed by atoms with Crippen molar-refractivity contribution in [2.45, 2.75) is 24.9 Å². The van der Waals surface area contributed by atoms with Gasteiger partial charge in [0.1, 0.15) is 6.07 Å². The average molecular weight is 567 g/mol. The van der Waals surface area contributed by atoms with E-state index in [1.807, 2.05) is 5.01 Å². The lowest BCUT2D eigenvalue weighted by molar-refractivity contribution is 0.260. The first-order valence-electron chi connectivity index (χ1n) is 12.3. The Balaban J connectivity index is 1.45. The number of pyridine rings is 3. The zero-order valence-electron chi connectivity index (χ0n) is 20.9. The van der Waals surface area contributed by atoms with E-state index in [4.69, 9.17) is 23.2 Å². The molecule has 1 aliphatic carbocycles. The fourth-order valence-electron chi connectivity index (χ4n) is 4.15. The van der Waals surface area contributed by atoms with Crippen LogP contribution in [0, 0.1) is 23.2 Å². The lowest BCUT2D eigenvalue weighted by Gasteiger charge is -2.22. The normalized spacial score (nSPS) is 16.6. The Morgan fingerprint density at radius 1 is 1.08 bits per heavy atom. The van der Waals surface area contributed by atoms with Crippen LogP contribution in [0.5, 0.6) is 0 Å². The van der Waals surface area contributed by atoms with Crippen LogP contribution in [-0.2, 0) is 0 Å². The number of nitrogens with zero attached hydrogens (tertiary/aromatic N) is 5. The van der Waals surface area contributed by atoms with E-state index in [1.54, 1.807) is 18.3 Å². The van der Waals surface area contributed by atoms with Gasteiger partial charge in [0.25, 0.3) is 0 Å². The van der Waals surface area contributed by atoms with Gasteiger partial charge in [0.05, 0.1) is 51.8 Å². The molecular weight excluding hydrogens is 547 g/mol. The molecule has 0 spiro atoms. The van der Waals surface area contributed by atoms with Crippen LogP contribution in [0.15, 0.2) is 60.8 Å². The number of nitrogens with one attached hydrogen (secondary N) is 4. The van der Waals surface area contributed by atoms with Gasteiger partial charge in [-0.1, -0.05) is 29.3 Å². The third-order valence-electron chi connectivity index (χ3n) is 6.19. The monoisotopic (exact) mass is 566 g/mol. The highest BCUT2D eigenvalue weighted by Gasteiger charge is 2.32. The van der Waals surface area contributed by atoms with Crippen molar-refractivity contribution in [2.24, 2.45) is 0 Å².